The van der Waals surface area contributed by atoms with Crippen molar-refractivity contribution in [2.24, 2.45) is 5.10 Å². The fourth-order valence-corrected chi connectivity index (χ4v) is 3.53. The molecular formula is C17H12Cl2N2O2. The van der Waals surface area contributed by atoms with Gasteiger partial charge >= 0.3 is 0 Å². The third-order valence-electron chi connectivity index (χ3n) is 4.18. The van der Waals surface area contributed by atoms with Crippen molar-refractivity contribution in [1.82, 2.24) is 0 Å². The molecule has 2 aliphatic heterocycles. The van der Waals surface area contributed by atoms with Crippen LogP contribution in [0.5, 0.6) is 0 Å². The van der Waals surface area contributed by atoms with E-state index in [2.05, 4.69) is 5.10 Å². The third kappa shape index (κ3) is 2.02. The molecule has 6 heteroatoms. The lowest BCUT2D eigenvalue weighted by Gasteiger charge is -2.12. The monoisotopic (exact) mass is 346 g/mol. The van der Waals surface area contributed by atoms with Crippen LogP contribution in [-0.2, 0) is 9.53 Å². The van der Waals surface area contributed by atoms with E-state index in [0.717, 1.165) is 0 Å². The van der Waals surface area contributed by atoms with Crippen LogP contribution in [0.3, 0.4) is 0 Å². The summed E-state index contributed by atoms with van der Waals surface area (Å²) in [6, 6.07) is 14.5. The molecule has 0 N–H and O–H groups in total. The molecule has 0 aromatic heterocycles. The molecule has 116 valence electrons. The first-order valence-corrected chi connectivity index (χ1v) is 7.88. The largest absolute Gasteiger partial charge is 0.344 e. The zero-order valence-electron chi connectivity index (χ0n) is 12.2. The summed E-state index contributed by atoms with van der Waals surface area (Å²) in [5, 5.41) is 6.72. The molecule has 2 unspecified atom stereocenters. The summed E-state index contributed by atoms with van der Waals surface area (Å²) in [4.78, 5) is 12.9. The van der Waals surface area contributed by atoms with Crippen molar-refractivity contribution in [3.05, 3.63) is 64.1 Å². The van der Waals surface area contributed by atoms with Crippen LogP contribution in [0.15, 0.2) is 53.6 Å². The van der Waals surface area contributed by atoms with Crippen LogP contribution in [0, 0.1) is 0 Å². The average Bonchev–Trinajstić information content (AvgIpc) is 3.23. The zero-order valence-corrected chi connectivity index (χ0v) is 13.7. The van der Waals surface area contributed by atoms with Crippen molar-refractivity contribution < 1.29 is 9.53 Å². The predicted molar refractivity (Wildman–Crippen MR) is 90.1 cm³/mol. The summed E-state index contributed by atoms with van der Waals surface area (Å²) >= 11 is 12.5. The topological polar surface area (TPSA) is 45.2 Å². The minimum Gasteiger partial charge on any atom is -0.344 e. The minimum absolute atomic E-state index is 0.220. The lowest BCUT2D eigenvalue weighted by atomic mass is 9.95. The average molecular weight is 347 g/mol. The molecule has 0 aliphatic carbocycles. The molecule has 1 amide bonds. The maximum Gasteiger partial charge on any atom is 0.288 e. The van der Waals surface area contributed by atoms with Crippen molar-refractivity contribution in [2.45, 2.75) is 18.6 Å². The van der Waals surface area contributed by atoms with Crippen LogP contribution >= 0.6 is 23.2 Å². The van der Waals surface area contributed by atoms with Gasteiger partial charge in [-0.3, -0.25) is 4.79 Å². The van der Waals surface area contributed by atoms with Gasteiger partial charge in [0, 0.05) is 15.6 Å². The highest BCUT2D eigenvalue weighted by Crippen LogP contribution is 2.57. The number of hydrazone groups is 1. The first-order chi connectivity index (χ1) is 11.1. The molecular weight excluding hydrogens is 335 g/mol. The van der Waals surface area contributed by atoms with E-state index in [4.69, 9.17) is 27.9 Å². The van der Waals surface area contributed by atoms with E-state index in [1.807, 2.05) is 30.3 Å². The molecule has 23 heavy (non-hydrogen) atoms. The highest BCUT2D eigenvalue weighted by Gasteiger charge is 2.70. The molecule has 1 spiro atoms. The molecule has 2 aromatic carbocycles. The summed E-state index contributed by atoms with van der Waals surface area (Å²) in [5.41, 5.74) is 0.846. The van der Waals surface area contributed by atoms with Crippen molar-refractivity contribution in [2.75, 3.05) is 5.01 Å². The van der Waals surface area contributed by atoms with Gasteiger partial charge in [0.1, 0.15) is 6.10 Å². The summed E-state index contributed by atoms with van der Waals surface area (Å²) in [6.07, 6.45) is -0.506. The Morgan fingerprint density at radius 1 is 1.09 bits per heavy atom. The van der Waals surface area contributed by atoms with Gasteiger partial charge in [-0.05, 0) is 31.2 Å². The number of benzene rings is 2. The van der Waals surface area contributed by atoms with E-state index >= 15 is 0 Å². The smallest absolute Gasteiger partial charge is 0.288 e. The summed E-state index contributed by atoms with van der Waals surface area (Å²) in [6.45, 7) is 1.78. The first kappa shape index (κ1) is 14.7. The number of amides is 1. The van der Waals surface area contributed by atoms with E-state index in [9.17, 15) is 4.79 Å². The van der Waals surface area contributed by atoms with Gasteiger partial charge in [-0.15, -0.1) is 0 Å². The number of ether oxygens (including phenoxy) is 1. The zero-order chi connectivity index (χ0) is 16.2. The molecule has 2 heterocycles. The fourth-order valence-electron chi connectivity index (χ4n) is 2.94. The normalized spacial score (nSPS) is 25.9. The minimum atomic E-state index is -1.09. The Balaban J connectivity index is 1.72. The second-order valence-electron chi connectivity index (χ2n) is 5.51. The Morgan fingerprint density at radius 3 is 2.39 bits per heavy atom. The second-order valence-corrected chi connectivity index (χ2v) is 6.32. The molecule has 2 aromatic rings. The second kappa shape index (κ2) is 5.06. The predicted octanol–water partition coefficient (Wildman–Crippen LogP) is 4.23. The molecule has 0 bridgehead atoms. The van der Waals surface area contributed by atoms with Crippen molar-refractivity contribution in [3.8, 4) is 0 Å². The third-order valence-corrected chi connectivity index (χ3v) is 4.84. The Kier molecular flexibility index (Phi) is 3.23. The number of carbonyl (C=O) groups is 1. The van der Waals surface area contributed by atoms with Gasteiger partial charge in [-0.2, -0.15) is 10.1 Å². The number of nitrogens with zero attached hydrogens (tertiary/aromatic N) is 2. The Bertz CT molecular complexity index is 817. The van der Waals surface area contributed by atoms with Crippen LogP contribution in [0.1, 0.15) is 18.6 Å². The maximum atomic E-state index is 12.9. The fraction of sp³-hybridized carbons (Fsp3) is 0.176. The van der Waals surface area contributed by atoms with E-state index in [-0.39, 0.29) is 5.91 Å². The Morgan fingerprint density at radius 2 is 1.74 bits per heavy atom. The Labute approximate surface area is 143 Å². The molecule has 0 saturated carbocycles. The van der Waals surface area contributed by atoms with Crippen molar-refractivity contribution in [1.29, 1.82) is 0 Å². The van der Waals surface area contributed by atoms with Gasteiger partial charge in [0.2, 0.25) is 5.60 Å². The standard InChI is InChI=1S/C17H12Cl2N2O2/c1-10-17(15(23-17)14-12(18)8-5-9-13(14)19)16(22)21(20-10)11-6-3-2-4-7-11/h2-9,15H,1H3. The quantitative estimate of drug-likeness (QED) is 0.764. The number of carbonyl (C=O) groups excluding carboxylic acids is 1. The number of para-hydroxylation sites is 1. The number of anilines is 1. The van der Waals surface area contributed by atoms with Gasteiger partial charge < -0.3 is 4.74 Å². The van der Waals surface area contributed by atoms with Crippen molar-refractivity contribution >= 4 is 40.5 Å². The molecule has 2 aliphatic rings. The number of hydrogen-bond donors (Lipinski definition) is 0. The van der Waals surface area contributed by atoms with E-state index < -0.39 is 11.7 Å². The molecule has 2 atom stereocenters. The maximum absolute atomic E-state index is 12.9. The Hall–Kier alpha value is -1.88. The lowest BCUT2D eigenvalue weighted by molar-refractivity contribution is -0.120. The van der Waals surface area contributed by atoms with Crippen LogP contribution in [0.25, 0.3) is 0 Å². The van der Waals surface area contributed by atoms with Gasteiger partial charge in [0.15, 0.2) is 0 Å². The van der Waals surface area contributed by atoms with Crippen LogP contribution in [0.4, 0.5) is 5.69 Å². The summed E-state index contributed by atoms with van der Waals surface area (Å²) in [5.74, 6) is -0.220. The summed E-state index contributed by atoms with van der Waals surface area (Å²) < 4.78 is 5.80. The van der Waals surface area contributed by atoms with Crippen LogP contribution < -0.4 is 5.01 Å². The number of halogens is 2. The number of rotatable bonds is 2. The number of epoxide rings is 1. The van der Waals surface area contributed by atoms with Gasteiger partial charge in [-0.25, -0.2) is 0 Å². The van der Waals surface area contributed by atoms with Gasteiger partial charge in [0.05, 0.1) is 11.4 Å². The van der Waals surface area contributed by atoms with E-state index in [0.29, 0.717) is 27.0 Å². The highest BCUT2D eigenvalue weighted by molar-refractivity contribution is 6.36. The van der Waals surface area contributed by atoms with Crippen molar-refractivity contribution in [3.63, 3.8) is 0 Å². The van der Waals surface area contributed by atoms with Gasteiger partial charge in [0.25, 0.3) is 5.91 Å². The van der Waals surface area contributed by atoms with E-state index in [1.54, 1.807) is 25.1 Å². The highest BCUT2D eigenvalue weighted by atomic mass is 35.5. The van der Waals surface area contributed by atoms with Gasteiger partial charge in [-0.1, -0.05) is 47.5 Å². The number of hydrogen-bond acceptors (Lipinski definition) is 3. The molecule has 0 radical (unpaired) electrons. The van der Waals surface area contributed by atoms with Crippen LogP contribution in [-0.4, -0.2) is 17.2 Å². The molecule has 1 fully saturated rings. The van der Waals surface area contributed by atoms with E-state index in [1.165, 1.54) is 5.01 Å². The first-order valence-electron chi connectivity index (χ1n) is 7.12. The van der Waals surface area contributed by atoms with Crippen LogP contribution in [0.2, 0.25) is 10.0 Å². The summed E-state index contributed by atoms with van der Waals surface area (Å²) in [7, 11) is 0. The molecule has 4 rings (SSSR count). The molecule has 4 nitrogen and oxygen atoms in total. The molecule has 1 saturated heterocycles. The lowest BCUT2D eigenvalue weighted by Crippen LogP contribution is -2.35. The SMILES string of the molecule is CC1=NN(c2ccccc2)C(=O)C12OC2c1c(Cl)cccc1Cl.